The summed E-state index contributed by atoms with van der Waals surface area (Å²) < 4.78 is 5.39. The van der Waals surface area contributed by atoms with E-state index in [-0.39, 0.29) is 5.75 Å². The molecule has 6 heteroatoms. The van der Waals surface area contributed by atoms with Gasteiger partial charge < -0.3 is 15.2 Å². The zero-order chi connectivity index (χ0) is 16.7. The molecular formula is C17H19N3O2S. The second kappa shape index (κ2) is 8.14. The number of aromatic hydroxyl groups is 1. The molecule has 2 rings (SSSR count). The van der Waals surface area contributed by atoms with Crippen LogP contribution in [0, 0.1) is 0 Å². The molecule has 0 fully saturated rings. The van der Waals surface area contributed by atoms with E-state index in [4.69, 9.17) is 17.0 Å². The number of benzene rings is 2. The van der Waals surface area contributed by atoms with Crippen LogP contribution in [0.5, 0.6) is 11.5 Å². The molecule has 120 valence electrons. The Hall–Kier alpha value is -2.60. The first-order valence-corrected chi connectivity index (χ1v) is 7.63. The van der Waals surface area contributed by atoms with Crippen molar-refractivity contribution in [1.29, 1.82) is 0 Å². The molecule has 0 radical (unpaired) electrons. The third-order valence-electron chi connectivity index (χ3n) is 3.03. The van der Waals surface area contributed by atoms with Gasteiger partial charge in [-0.25, -0.2) is 0 Å². The number of hydrazone groups is 1. The Balaban J connectivity index is 1.91. The minimum atomic E-state index is 0.224. The predicted octanol–water partition coefficient (Wildman–Crippen LogP) is 3.50. The molecule has 3 N–H and O–H groups in total. The summed E-state index contributed by atoms with van der Waals surface area (Å²) in [4.78, 5) is 0. The molecule has 0 aliphatic rings. The molecular weight excluding hydrogens is 310 g/mol. The van der Waals surface area contributed by atoms with Gasteiger partial charge in [0.25, 0.3) is 0 Å². The van der Waals surface area contributed by atoms with Crippen LogP contribution in [0.4, 0.5) is 5.69 Å². The molecule has 5 nitrogen and oxygen atoms in total. The Kier molecular flexibility index (Phi) is 5.94. The number of phenolic OH excluding ortho intramolecular Hbond substituents is 1. The third kappa shape index (κ3) is 5.27. The normalized spacial score (nSPS) is 11.0. The Morgan fingerprint density at radius 3 is 2.39 bits per heavy atom. The molecule has 0 aliphatic heterocycles. The van der Waals surface area contributed by atoms with Crippen molar-refractivity contribution in [3.8, 4) is 11.5 Å². The number of hydrogen-bond acceptors (Lipinski definition) is 4. The third-order valence-corrected chi connectivity index (χ3v) is 3.23. The second-order valence-electron chi connectivity index (χ2n) is 4.77. The summed E-state index contributed by atoms with van der Waals surface area (Å²) in [5, 5.41) is 16.9. The number of nitrogens with one attached hydrogen (secondary N) is 2. The number of anilines is 1. The van der Waals surface area contributed by atoms with Gasteiger partial charge in [0, 0.05) is 5.69 Å². The van der Waals surface area contributed by atoms with Gasteiger partial charge in [-0.1, -0.05) is 0 Å². The average Bonchev–Trinajstić information content (AvgIpc) is 2.55. The first-order valence-electron chi connectivity index (χ1n) is 7.22. The highest BCUT2D eigenvalue weighted by Crippen LogP contribution is 2.15. The van der Waals surface area contributed by atoms with Gasteiger partial charge in [-0.15, -0.1) is 0 Å². The Morgan fingerprint density at radius 1 is 1.13 bits per heavy atom. The van der Waals surface area contributed by atoms with Gasteiger partial charge in [-0.3, -0.25) is 5.43 Å². The van der Waals surface area contributed by atoms with E-state index in [1.54, 1.807) is 24.3 Å². The fourth-order valence-electron chi connectivity index (χ4n) is 1.86. The minimum Gasteiger partial charge on any atom is -0.508 e. The van der Waals surface area contributed by atoms with Crippen molar-refractivity contribution < 1.29 is 9.84 Å². The lowest BCUT2D eigenvalue weighted by Gasteiger charge is -2.09. The van der Waals surface area contributed by atoms with Gasteiger partial charge in [0.2, 0.25) is 0 Å². The maximum absolute atomic E-state index is 9.28. The Bertz CT molecular complexity index is 682. The molecule has 0 aromatic heterocycles. The summed E-state index contributed by atoms with van der Waals surface area (Å²) >= 11 is 5.21. The van der Waals surface area contributed by atoms with Crippen molar-refractivity contribution in [2.45, 2.75) is 13.8 Å². The van der Waals surface area contributed by atoms with Crippen LogP contribution in [0.15, 0.2) is 53.6 Å². The summed E-state index contributed by atoms with van der Waals surface area (Å²) in [6.45, 7) is 4.44. The number of rotatable bonds is 5. The molecule has 2 aromatic carbocycles. The molecule has 0 saturated heterocycles. The number of hydrogen-bond donors (Lipinski definition) is 3. The molecule has 0 spiro atoms. The average molecular weight is 329 g/mol. The number of thiocarbonyl (C=S) groups is 1. The van der Waals surface area contributed by atoms with Crippen molar-refractivity contribution in [2.24, 2.45) is 5.10 Å². The van der Waals surface area contributed by atoms with Gasteiger partial charge in [-0.2, -0.15) is 5.10 Å². The van der Waals surface area contributed by atoms with E-state index in [9.17, 15) is 5.11 Å². The lowest BCUT2D eigenvalue weighted by atomic mass is 10.1. The van der Waals surface area contributed by atoms with Crippen LogP contribution in [0.25, 0.3) is 0 Å². The smallest absolute Gasteiger partial charge is 0.191 e. The minimum absolute atomic E-state index is 0.224. The summed E-state index contributed by atoms with van der Waals surface area (Å²) in [7, 11) is 0. The molecule has 0 heterocycles. The van der Waals surface area contributed by atoms with E-state index in [2.05, 4.69) is 15.8 Å². The summed E-state index contributed by atoms with van der Waals surface area (Å²) in [6, 6.07) is 14.3. The SMILES string of the molecule is CCOc1ccc(NC(=S)N/N=C(\C)c2ccc(O)cc2)cc1. The quantitative estimate of drug-likeness (QED) is 0.445. The Morgan fingerprint density at radius 2 is 1.78 bits per heavy atom. The monoisotopic (exact) mass is 329 g/mol. The fourth-order valence-corrected chi connectivity index (χ4v) is 2.03. The van der Waals surface area contributed by atoms with Gasteiger partial charge in [0.1, 0.15) is 11.5 Å². The highest BCUT2D eigenvalue weighted by atomic mass is 32.1. The number of phenols is 1. The number of ether oxygens (including phenoxy) is 1. The summed E-state index contributed by atoms with van der Waals surface area (Å²) in [6.07, 6.45) is 0. The van der Waals surface area contributed by atoms with Crippen LogP contribution in [-0.2, 0) is 0 Å². The zero-order valence-corrected chi connectivity index (χ0v) is 13.9. The topological polar surface area (TPSA) is 65.9 Å². The molecule has 0 amide bonds. The lowest BCUT2D eigenvalue weighted by molar-refractivity contribution is 0.340. The summed E-state index contributed by atoms with van der Waals surface area (Å²) in [5.41, 5.74) is 5.32. The van der Waals surface area contributed by atoms with Crippen LogP contribution in [-0.4, -0.2) is 22.5 Å². The Labute approximate surface area is 141 Å². The van der Waals surface area contributed by atoms with Crippen LogP contribution in [0.2, 0.25) is 0 Å². The standard InChI is InChI=1S/C17H19N3O2S/c1-3-22-16-10-6-14(7-11-16)18-17(23)20-19-12(2)13-4-8-15(21)9-5-13/h4-11,21H,3H2,1-2H3,(H2,18,20,23)/b19-12+. The van der Waals surface area contributed by atoms with Crippen molar-refractivity contribution in [3.63, 3.8) is 0 Å². The van der Waals surface area contributed by atoms with Crippen molar-refractivity contribution in [1.82, 2.24) is 5.43 Å². The van der Waals surface area contributed by atoms with E-state index >= 15 is 0 Å². The fraction of sp³-hybridized carbons (Fsp3) is 0.176. The highest BCUT2D eigenvalue weighted by molar-refractivity contribution is 7.80. The van der Waals surface area contributed by atoms with Crippen molar-refractivity contribution in [2.75, 3.05) is 11.9 Å². The van der Waals surface area contributed by atoms with Crippen molar-refractivity contribution >= 4 is 28.7 Å². The number of nitrogens with zero attached hydrogens (tertiary/aromatic N) is 1. The van der Waals surface area contributed by atoms with Gasteiger partial charge in [0.15, 0.2) is 5.11 Å². The maximum atomic E-state index is 9.28. The summed E-state index contributed by atoms with van der Waals surface area (Å²) in [5.74, 6) is 1.04. The molecule has 2 aromatic rings. The van der Waals surface area contributed by atoms with E-state index in [1.165, 1.54) is 0 Å². The van der Waals surface area contributed by atoms with Gasteiger partial charge >= 0.3 is 0 Å². The molecule has 0 atom stereocenters. The predicted molar refractivity (Wildman–Crippen MR) is 97.3 cm³/mol. The van der Waals surface area contributed by atoms with Crippen LogP contribution >= 0.6 is 12.2 Å². The maximum Gasteiger partial charge on any atom is 0.191 e. The van der Waals surface area contributed by atoms with E-state index in [0.29, 0.717) is 11.7 Å². The second-order valence-corrected chi connectivity index (χ2v) is 5.18. The van der Waals surface area contributed by atoms with E-state index in [1.807, 2.05) is 38.1 Å². The first-order chi connectivity index (χ1) is 11.1. The largest absolute Gasteiger partial charge is 0.508 e. The van der Waals surface area contributed by atoms with Crippen LogP contribution < -0.4 is 15.5 Å². The molecule has 0 aliphatic carbocycles. The van der Waals surface area contributed by atoms with E-state index in [0.717, 1.165) is 22.7 Å². The zero-order valence-electron chi connectivity index (χ0n) is 13.0. The molecule has 0 saturated carbocycles. The molecule has 23 heavy (non-hydrogen) atoms. The van der Waals surface area contributed by atoms with Crippen LogP contribution in [0.3, 0.4) is 0 Å². The highest BCUT2D eigenvalue weighted by Gasteiger charge is 2.00. The van der Waals surface area contributed by atoms with Gasteiger partial charge in [-0.05, 0) is 80.2 Å². The van der Waals surface area contributed by atoms with Crippen molar-refractivity contribution in [3.05, 3.63) is 54.1 Å². The van der Waals surface area contributed by atoms with E-state index < -0.39 is 0 Å². The lowest BCUT2D eigenvalue weighted by Crippen LogP contribution is -2.24. The first kappa shape index (κ1) is 16.8. The van der Waals surface area contributed by atoms with Crippen LogP contribution in [0.1, 0.15) is 19.4 Å². The van der Waals surface area contributed by atoms with Gasteiger partial charge in [0.05, 0.1) is 12.3 Å². The molecule has 0 bridgehead atoms. The molecule has 0 unspecified atom stereocenters.